The lowest BCUT2D eigenvalue weighted by Crippen LogP contribution is -2.33. The maximum Gasteiger partial charge on any atom is 0.416 e. The second-order valence-electron chi connectivity index (χ2n) is 5.59. The molecule has 0 aliphatic carbocycles. The summed E-state index contributed by atoms with van der Waals surface area (Å²) in [6, 6.07) is 5.84. The van der Waals surface area contributed by atoms with Gasteiger partial charge in [-0.3, -0.25) is 0 Å². The van der Waals surface area contributed by atoms with Gasteiger partial charge < -0.3 is 4.90 Å². The molecule has 2 rings (SSSR count). The molecule has 1 nitrogen and oxygen atoms in total. The molecule has 1 aromatic carbocycles. The summed E-state index contributed by atoms with van der Waals surface area (Å²) in [6.07, 6.45) is 0.0790. The van der Waals surface area contributed by atoms with Crippen LogP contribution in [-0.2, 0) is 6.18 Å². The molecule has 1 saturated heterocycles. The Morgan fingerprint density at radius 3 is 2.50 bits per heavy atom. The molecule has 0 aromatic heterocycles. The van der Waals surface area contributed by atoms with Crippen molar-refractivity contribution < 1.29 is 13.2 Å². The molecule has 1 fully saturated rings. The van der Waals surface area contributed by atoms with Gasteiger partial charge in [0.05, 0.1) is 5.56 Å². The van der Waals surface area contributed by atoms with Crippen LogP contribution < -0.4 is 0 Å². The average molecular weight is 285 g/mol. The third kappa shape index (κ3) is 3.98. The van der Waals surface area contributed by atoms with Crippen LogP contribution in [-0.4, -0.2) is 24.5 Å². The van der Waals surface area contributed by atoms with Gasteiger partial charge in [-0.15, -0.1) is 0 Å². The van der Waals surface area contributed by atoms with Gasteiger partial charge in [-0.2, -0.15) is 13.2 Å². The van der Waals surface area contributed by atoms with Crippen LogP contribution in [0.3, 0.4) is 0 Å². The minimum Gasteiger partial charge on any atom is -0.303 e. The van der Waals surface area contributed by atoms with Gasteiger partial charge in [-0.1, -0.05) is 31.5 Å². The van der Waals surface area contributed by atoms with Crippen LogP contribution in [0.25, 0.3) is 0 Å². The monoisotopic (exact) mass is 285 g/mol. The second kappa shape index (κ2) is 6.61. The summed E-state index contributed by atoms with van der Waals surface area (Å²) in [4.78, 5) is 2.42. The van der Waals surface area contributed by atoms with Gasteiger partial charge in [-0.25, -0.2) is 0 Å². The van der Waals surface area contributed by atoms with E-state index in [0.29, 0.717) is 0 Å². The van der Waals surface area contributed by atoms with Gasteiger partial charge in [-0.05, 0) is 56.4 Å². The Morgan fingerprint density at radius 1 is 1.20 bits per heavy atom. The van der Waals surface area contributed by atoms with E-state index >= 15 is 0 Å². The van der Waals surface area contributed by atoms with Crippen molar-refractivity contribution in [1.82, 2.24) is 4.90 Å². The van der Waals surface area contributed by atoms with Crippen molar-refractivity contribution in [2.45, 2.75) is 44.7 Å². The smallest absolute Gasteiger partial charge is 0.303 e. The molecule has 0 radical (unpaired) electrons. The zero-order chi connectivity index (χ0) is 14.6. The molecule has 0 N–H and O–H groups in total. The lowest BCUT2D eigenvalue weighted by Gasteiger charge is -2.32. The SMILES string of the molecule is CCCCN1CCC(c2cccc(C(F)(F)F)c2)CC1. The molecule has 4 heteroatoms. The second-order valence-corrected chi connectivity index (χ2v) is 5.59. The summed E-state index contributed by atoms with van der Waals surface area (Å²) in [6.45, 7) is 5.29. The maximum absolute atomic E-state index is 12.7. The molecule has 0 unspecified atom stereocenters. The fourth-order valence-electron chi connectivity index (χ4n) is 2.84. The van der Waals surface area contributed by atoms with Gasteiger partial charge in [0.2, 0.25) is 0 Å². The Labute approximate surface area is 118 Å². The first kappa shape index (κ1) is 15.4. The number of rotatable bonds is 4. The molecule has 0 spiro atoms. The van der Waals surface area contributed by atoms with Crippen molar-refractivity contribution >= 4 is 0 Å². The average Bonchev–Trinajstić information content (AvgIpc) is 2.45. The van der Waals surface area contributed by atoms with Crippen LogP contribution in [0.2, 0.25) is 0 Å². The van der Waals surface area contributed by atoms with Crippen LogP contribution >= 0.6 is 0 Å². The van der Waals surface area contributed by atoms with E-state index in [1.807, 2.05) is 6.07 Å². The van der Waals surface area contributed by atoms with E-state index in [1.54, 1.807) is 0 Å². The third-order valence-corrected chi connectivity index (χ3v) is 4.10. The van der Waals surface area contributed by atoms with Crippen molar-refractivity contribution in [3.05, 3.63) is 35.4 Å². The maximum atomic E-state index is 12.7. The van der Waals surface area contributed by atoms with E-state index in [1.165, 1.54) is 25.0 Å². The van der Waals surface area contributed by atoms with Crippen LogP contribution in [0.15, 0.2) is 24.3 Å². The highest BCUT2D eigenvalue weighted by Crippen LogP contribution is 2.34. The van der Waals surface area contributed by atoms with Gasteiger partial charge in [0.1, 0.15) is 0 Å². The fourth-order valence-corrected chi connectivity index (χ4v) is 2.84. The first-order chi connectivity index (χ1) is 9.50. The van der Waals surface area contributed by atoms with E-state index < -0.39 is 11.7 Å². The number of likely N-dealkylation sites (tertiary alicyclic amines) is 1. The predicted molar refractivity (Wildman–Crippen MR) is 74.8 cm³/mol. The number of hydrogen-bond donors (Lipinski definition) is 0. The van der Waals surface area contributed by atoms with Crippen molar-refractivity contribution in [3.8, 4) is 0 Å². The molecule has 0 bridgehead atoms. The quantitative estimate of drug-likeness (QED) is 0.776. The summed E-state index contributed by atoms with van der Waals surface area (Å²) in [7, 11) is 0. The number of piperidine rings is 1. The molecule has 0 saturated carbocycles. The minimum absolute atomic E-state index is 0.273. The minimum atomic E-state index is -4.24. The Bertz CT molecular complexity index is 420. The van der Waals surface area contributed by atoms with Gasteiger partial charge in [0.25, 0.3) is 0 Å². The van der Waals surface area contributed by atoms with Crippen LogP contribution in [0.5, 0.6) is 0 Å². The van der Waals surface area contributed by atoms with E-state index in [2.05, 4.69) is 11.8 Å². The summed E-state index contributed by atoms with van der Waals surface area (Å²) in [5.74, 6) is 0.273. The molecule has 20 heavy (non-hydrogen) atoms. The zero-order valence-corrected chi connectivity index (χ0v) is 11.9. The van der Waals surface area contributed by atoms with Crippen molar-refractivity contribution in [3.63, 3.8) is 0 Å². The molecular formula is C16H22F3N. The standard InChI is InChI=1S/C16H22F3N/c1-2-3-9-20-10-7-13(8-11-20)14-5-4-6-15(12-14)16(17,18)19/h4-6,12-13H,2-3,7-11H2,1H3. The van der Waals surface area contributed by atoms with Crippen molar-refractivity contribution in [2.75, 3.05) is 19.6 Å². The van der Waals surface area contributed by atoms with Crippen LogP contribution in [0.1, 0.15) is 49.7 Å². The highest BCUT2D eigenvalue weighted by atomic mass is 19.4. The van der Waals surface area contributed by atoms with Crippen molar-refractivity contribution in [1.29, 1.82) is 0 Å². The molecular weight excluding hydrogens is 263 g/mol. The Morgan fingerprint density at radius 2 is 1.90 bits per heavy atom. The Hall–Kier alpha value is -1.03. The lowest BCUT2D eigenvalue weighted by atomic mass is 9.88. The normalized spacial score (nSPS) is 18.4. The predicted octanol–water partition coefficient (Wildman–Crippen LogP) is 4.68. The summed E-state index contributed by atoms with van der Waals surface area (Å²) in [5, 5.41) is 0. The molecule has 1 aromatic rings. The highest BCUT2D eigenvalue weighted by Gasteiger charge is 2.31. The van der Waals surface area contributed by atoms with E-state index in [4.69, 9.17) is 0 Å². The first-order valence-electron chi connectivity index (χ1n) is 7.40. The largest absolute Gasteiger partial charge is 0.416 e. The highest BCUT2D eigenvalue weighted by molar-refractivity contribution is 5.28. The number of alkyl halides is 3. The fraction of sp³-hybridized carbons (Fsp3) is 0.625. The topological polar surface area (TPSA) is 3.24 Å². The molecule has 112 valence electrons. The summed E-state index contributed by atoms with van der Waals surface area (Å²) >= 11 is 0. The molecule has 1 aliphatic heterocycles. The number of unbranched alkanes of at least 4 members (excludes halogenated alkanes) is 1. The van der Waals surface area contributed by atoms with Crippen LogP contribution in [0, 0.1) is 0 Å². The third-order valence-electron chi connectivity index (χ3n) is 4.10. The number of benzene rings is 1. The van der Waals surface area contributed by atoms with Gasteiger partial charge >= 0.3 is 6.18 Å². The molecule has 1 aliphatic rings. The Balaban J connectivity index is 1.97. The zero-order valence-electron chi connectivity index (χ0n) is 11.9. The van der Waals surface area contributed by atoms with E-state index in [0.717, 1.165) is 44.1 Å². The number of hydrogen-bond acceptors (Lipinski definition) is 1. The number of nitrogens with zero attached hydrogens (tertiary/aromatic N) is 1. The summed E-state index contributed by atoms with van der Waals surface area (Å²) < 4.78 is 38.2. The number of halogens is 3. The lowest BCUT2D eigenvalue weighted by molar-refractivity contribution is -0.137. The molecule has 1 heterocycles. The van der Waals surface area contributed by atoms with Gasteiger partial charge in [0.15, 0.2) is 0 Å². The molecule has 0 amide bonds. The van der Waals surface area contributed by atoms with E-state index in [-0.39, 0.29) is 5.92 Å². The van der Waals surface area contributed by atoms with Crippen LogP contribution in [0.4, 0.5) is 13.2 Å². The van der Waals surface area contributed by atoms with E-state index in [9.17, 15) is 13.2 Å². The Kier molecular flexibility index (Phi) is 5.08. The van der Waals surface area contributed by atoms with Crippen molar-refractivity contribution in [2.24, 2.45) is 0 Å². The molecule has 0 atom stereocenters. The summed E-state index contributed by atoms with van der Waals surface area (Å²) in [5.41, 5.74) is 0.318. The first-order valence-corrected chi connectivity index (χ1v) is 7.40. The van der Waals surface area contributed by atoms with Gasteiger partial charge in [0, 0.05) is 0 Å².